The Kier molecular flexibility index (Phi) is 10.9. The van der Waals surface area contributed by atoms with E-state index >= 15 is 0 Å². The summed E-state index contributed by atoms with van der Waals surface area (Å²) in [6, 6.07) is -0.641. The Morgan fingerprint density at radius 2 is 1.84 bits per heavy atom. The Morgan fingerprint density at radius 1 is 1.19 bits per heavy atom. The molecule has 0 aliphatic heterocycles. The molecule has 0 bridgehead atoms. The second-order valence-corrected chi connectivity index (χ2v) is 11.7. The Bertz CT molecular complexity index is 902. The van der Waals surface area contributed by atoms with E-state index in [2.05, 4.69) is 21.0 Å². The fraction of sp³-hybridized carbons (Fsp3) is 0.769. The lowest BCUT2D eigenvalue weighted by atomic mass is 9.83. The molecule has 2 unspecified atom stereocenters. The van der Waals surface area contributed by atoms with Gasteiger partial charge in [0, 0.05) is 6.54 Å². The minimum Gasteiger partial charge on any atom is -0.444 e. The van der Waals surface area contributed by atoms with Crippen molar-refractivity contribution in [3.05, 3.63) is 12.4 Å². The molecule has 1 saturated carbocycles. The molecule has 1 aromatic heterocycles. The lowest BCUT2D eigenvalue weighted by Crippen LogP contribution is -2.58. The number of nitrogens with zero attached hydrogens (tertiary/aromatic N) is 2. The van der Waals surface area contributed by atoms with Crippen molar-refractivity contribution in [2.24, 2.45) is 17.6 Å². The first kappa shape index (κ1) is 30.6. The van der Waals surface area contributed by atoms with Gasteiger partial charge in [0.1, 0.15) is 5.60 Å². The highest BCUT2D eigenvalue weighted by Crippen LogP contribution is 2.28. The zero-order valence-electron chi connectivity index (χ0n) is 23.2. The van der Waals surface area contributed by atoms with Crippen molar-refractivity contribution in [1.82, 2.24) is 20.4 Å². The highest BCUT2D eigenvalue weighted by molar-refractivity contribution is 5.86. The van der Waals surface area contributed by atoms with Gasteiger partial charge >= 0.3 is 6.09 Å². The van der Waals surface area contributed by atoms with Crippen molar-refractivity contribution in [2.75, 3.05) is 11.9 Å². The first-order valence-electron chi connectivity index (χ1n) is 13.3. The minimum absolute atomic E-state index is 0.114. The fourth-order valence-electron chi connectivity index (χ4n) is 4.30. The van der Waals surface area contributed by atoms with E-state index < -0.39 is 35.4 Å². The first-order chi connectivity index (χ1) is 17.2. The van der Waals surface area contributed by atoms with Gasteiger partial charge < -0.3 is 20.5 Å². The first-order valence-corrected chi connectivity index (χ1v) is 13.3. The molecule has 0 aromatic carbocycles. The second kappa shape index (κ2) is 13.2. The minimum atomic E-state index is -1.61. The standard InChI is InChI=1S/C26H46N6O5/c1-17(2)14-28-22(34)13-21(33)20(12-18-10-8-7-9-11-18)31-23(35)26(6,27)32-16-19(15-29-32)30-24(36)37-25(3,4)5/h15-18,20-21,33H,7-14,27H2,1-6H3,(H,28,34)(H,30,36)(H,31,35)/t20?,21?,26-/m0/s1. The molecule has 3 amide bonds. The summed E-state index contributed by atoms with van der Waals surface area (Å²) >= 11 is 0. The summed E-state index contributed by atoms with van der Waals surface area (Å²) in [7, 11) is 0. The molecule has 2 rings (SSSR count). The number of nitrogens with one attached hydrogen (secondary N) is 3. The fourth-order valence-corrected chi connectivity index (χ4v) is 4.30. The molecule has 1 aliphatic rings. The summed E-state index contributed by atoms with van der Waals surface area (Å²) in [5.41, 5.74) is 4.42. The van der Waals surface area contributed by atoms with Crippen LogP contribution in [-0.4, -0.2) is 57.1 Å². The molecule has 3 atom stereocenters. The van der Waals surface area contributed by atoms with Crippen LogP contribution >= 0.6 is 0 Å². The predicted molar refractivity (Wildman–Crippen MR) is 142 cm³/mol. The molecule has 1 fully saturated rings. The number of hydrogen-bond acceptors (Lipinski definition) is 7. The monoisotopic (exact) mass is 522 g/mol. The third-order valence-electron chi connectivity index (χ3n) is 6.36. The maximum atomic E-state index is 13.3. The van der Waals surface area contributed by atoms with Gasteiger partial charge in [-0.2, -0.15) is 5.10 Å². The number of amides is 3. The Balaban J connectivity index is 2.10. The molecule has 1 aliphatic carbocycles. The van der Waals surface area contributed by atoms with Gasteiger partial charge in [0.15, 0.2) is 5.66 Å². The van der Waals surface area contributed by atoms with E-state index in [-0.39, 0.29) is 12.3 Å². The van der Waals surface area contributed by atoms with Crippen LogP contribution in [0.25, 0.3) is 0 Å². The average Bonchev–Trinajstić information content (AvgIpc) is 3.25. The van der Waals surface area contributed by atoms with Gasteiger partial charge in [-0.05, 0) is 46.0 Å². The van der Waals surface area contributed by atoms with Gasteiger partial charge in [0.05, 0.1) is 36.6 Å². The Hall–Kier alpha value is -2.66. The number of anilines is 1. The molecule has 0 spiro atoms. The van der Waals surface area contributed by atoms with Crippen LogP contribution < -0.4 is 21.7 Å². The van der Waals surface area contributed by atoms with Gasteiger partial charge in [0.2, 0.25) is 5.91 Å². The van der Waals surface area contributed by atoms with Gasteiger partial charge in [-0.25, -0.2) is 9.48 Å². The number of carbonyl (C=O) groups excluding carboxylic acids is 3. The van der Waals surface area contributed by atoms with Crippen LogP contribution in [0.5, 0.6) is 0 Å². The number of nitrogens with two attached hydrogens (primary N) is 1. The van der Waals surface area contributed by atoms with Crippen molar-refractivity contribution in [2.45, 2.75) is 110 Å². The molecule has 11 heteroatoms. The topological polar surface area (TPSA) is 161 Å². The number of aromatic nitrogens is 2. The smallest absolute Gasteiger partial charge is 0.412 e. The summed E-state index contributed by atoms with van der Waals surface area (Å²) < 4.78 is 6.48. The summed E-state index contributed by atoms with van der Waals surface area (Å²) in [5.74, 6) is -0.169. The van der Waals surface area contributed by atoms with Gasteiger partial charge in [-0.1, -0.05) is 46.0 Å². The van der Waals surface area contributed by atoms with Gasteiger partial charge in [-0.3, -0.25) is 20.6 Å². The van der Waals surface area contributed by atoms with Crippen LogP contribution in [0.1, 0.15) is 86.5 Å². The van der Waals surface area contributed by atoms with Crippen LogP contribution in [0.2, 0.25) is 0 Å². The van der Waals surface area contributed by atoms with Crippen LogP contribution in [0.3, 0.4) is 0 Å². The highest BCUT2D eigenvalue weighted by Gasteiger charge is 2.36. The number of aliphatic hydroxyl groups is 1. The van der Waals surface area contributed by atoms with Gasteiger partial charge in [0.25, 0.3) is 5.91 Å². The Morgan fingerprint density at radius 3 is 2.43 bits per heavy atom. The number of aliphatic hydroxyl groups excluding tert-OH is 1. The van der Waals surface area contributed by atoms with E-state index in [0.29, 0.717) is 30.5 Å². The summed E-state index contributed by atoms with van der Waals surface area (Å²) in [4.78, 5) is 37.8. The molecule has 1 aromatic rings. The van der Waals surface area contributed by atoms with E-state index in [1.54, 1.807) is 20.8 Å². The van der Waals surface area contributed by atoms with Crippen molar-refractivity contribution in [3.63, 3.8) is 0 Å². The van der Waals surface area contributed by atoms with Crippen LogP contribution in [0.15, 0.2) is 12.4 Å². The third kappa shape index (κ3) is 10.3. The molecular weight excluding hydrogens is 476 g/mol. The van der Waals surface area contributed by atoms with Crippen molar-refractivity contribution in [3.8, 4) is 0 Å². The summed E-state index contributed by atoms with van der Waals surface area (Å²) in [5, 5.41) is 23.4. The molecule has 0 radical (unpaired) electrons. The highest BCUT2D eigenvalue weighted by atomic mass is 16.6. The maximum Gasteiger partial charge on any atom is 0.412 e. The largest absolute Gasteiger partial charge is 0.444 e. The van der Waals surface area contributed by atoms with E-state index in [0.717, 1.165) is 25.7 Å². The maximum absolute atomic E-state index is 13.3. The van der Waals surface area contributed by atoms with Crippen molar-refractivity contribution < 1.29 is 24.2 Å². The van der Waals surface area contributed by atoms with E-state index in [4.69, 9.17) is 10.5 Å². The number of ether oxygens (including phenoxy) is 1. The number of hydrogen-bond donors (Lipinski definition) is 5. The summed E-state index contributed by atoms with van der Waals surface area (Å²) in [6.07, 6.45) is 7.02. The molecule has 6 N–H and O–H groups in total. The van der Waals surface area contributed by atoms with Crippen molar-refractivity contribution >= 4 is 23.6 Å². The Labute approximate surface area is 220 Å². The van der Waals surface area contributed by atoms with E-state index in [1.807, 2.05) is 13.8 Å². The van der Waals surface area contributed by atoms with Crippen LogP contribution in [0.4, 0.5) is 10.5 Å². The average molecular weight is 523 g/mol. The molecule has 1 heterocycles. The quantitative estimate of drug-likeness (QED) is 0.299. The van der Waals surface area contributed by atoms with Crippen LogP contribution in [0, 0.1) is 11.8 Å². The predicted octanol–water partition coefficient (Wildman–Crippen LogP) is 2.84. The molecular formula is C26H46N6O5. The van der Waals surface area contributed by atoms with E-state index in [1.165, 1.54) is 30.4 Å². The molecule has 210 valence electrons. The number of carbonyl (C=O) groups is 3. The second-order valence-electron chi connectivity index (χ2n) is 11.7. The SMILES string of the molecule is CC(C)CNC(=O)CC(O)C(CC1CCCCC1)NC(=O)[C@@](C)(N)n1cc(NC(=O)OC(C)(C)C)cn1. The molecule has 11 nitrogen and oxygen atoms in total. The third-order valence-corrected chi connectivity index (χ3v) is 6.36. The van der Waals surface area contributed by atoms with Crippen LogP contribution in [-0.2, 0) is 20.0 Å². The lowest BCUT2D eigenvalue weighted by Gasteiger charge is -2.33. The normalized spacial score (nSPS) is 18.0. The summed E-state index contributed by atoms with van der Waals surface area (Å²) in [6.45, 7) is 11.3. The molecule has 37 heavy (non-hydrogen) atoms. The van der Waals surface area contributed by atoms with Crippen molar-refractivity contribution in [1.29, 1.82) is 0 Å². The van der Waals surface area contributed by atoms with E-state index in [9.17, 15) is 19.5 Å². The number of rotatable bonds is 11. The zero-order chi connectivity index (χ0) is 27.8. The molecule has 0 saturated heterocycles. The van der Waals surface area contributed by atoms with Gasteiger partial charge in [-0.15, -0.1) is 0 Å². The lowest BCUT2D eigenvalue weighted by molar-refractivity contribution is -0.132. The zero-order valence-corrected chi connectivity index (χ0v) is 23.2.